The molecule has 0 amide bonds. The predicted molar refractivity (Wildman–Crippen MR) is 82.1 cm³/mol. The quantitative estimate of drug-likeness (QED) is 0.730. The monoisotopic (exact) mass is 279 g/mol. The Labute approximate surface area is 124 Å². The van der Waals surface area contributed by atoms with E-state index in [0.717, 1.165) is 23.8 Å². The van der Waals surface area contributed by atoms with Crippen LogP contribution in [0.5, 0.6) is 0 Å². The molecular weight excluding hydrogens is 260 g/mol. The molecule has 106 valence electrons. The molecule has 0 bridgehead atoms. The van der Waals surface area contributed by atoms with Gasteiger partial charge in [0.1, 0.15) is 17.8 Å². The zero-order chi connectivity index (χ0) is 14.4. The van der Waals surface area contributed by atoms with Gasteiger partial charge in [-0.1, -0.05) is 30.3 Å². The Kier molecular flexibility index (Phi) is 2.59. The Balaban J connectivity index is 1.88. The van der Waals surface area contributed by atoms with Gasteiger partial charge >= 0.3 is 0 Å². The van der Waals surface area contributed by atoms with Gasteiger partial charge in [0.2, 0.25) is 5.88 Å². The van der Waals surface area contributed by atoms with Crippen LogP contribution < -0.4 is 5.32 Å². The number of nitrogens with two attached hydrogens (primary N) is 1. The molecule has 2 aromatic heterocycles. The van der Waals surface area contributed by atoms with Gasteiger partial charge in [-0.2, -0.15) is 0 Å². The fraction of sp³-hybridized carbons (Fsp3) is 0.222. The second-order valence-corrected chi connectivity index (χ2v) is 6.20. The zero-order valence-electron chi connectivity index (χ0n) is 12.3. The smallest absolute Gasteiger partial charge is 0.213 e. The largest absolute Gasteiger partial charge is 0.439 e. The van der Waals surface area contributed by atoms with E-state index in [1.54, 1.807) is 0 Å². The van der Waals surface area contributed by atoms with Crippen molar-refractivity contribution in [2.75, 3.05) is 0 Å². The number of rotatable bonds is 1. The van der Waals surface area contributed by atoms with Gasteiger partial charge < -0.3 is 9.73 Å². The van der Waals surface area contributed by atoms with Crippen molar-refractivity contribution in [3.63, 3.8) is 0 Å². The lowest BCUT2D eigenvalue weighted by atomic mass is 10.0. The number of furan rings is 1. The standard InChI is InChI=1S/C18H18N2O/c1-18(2)16-9-6-10-20(16)17-14(12-19-18)11-15(21-17)13-7-4-3-5-8-13/h3-11,19H,12H2,1-2H3/p+1. The minimum absolute atomic E-state index is 0.0535. The fourth-order valence-corrected chi connectivity index (χ4v) is 3.07. The fourth-order valence-electron chi connectivity index (χ4n) is 3.07. The second-order valence-electron chi connectivity index (χ2n) is 6.20. The van der Waals surface area contributed by atoms with Crippen LogP contribution in [0.2, 0.25) is 0 Å². The van der Waals surface area contributed by atoms with Gasteiger partial charge in [0.25, 0.3) is 0 Å². The van der Waals surface area contributed by atoms with E-state index in [9.17, 15) is 0 Å². The summed E-state index contributed by atoms with van der Waals surface area (Å²) in [7, 11) is 0. The first kappa shape index (κ1) is 12.5. The van der Waals surface area contributed by atoms with E-state index < -0.39 is 0 Å². The van der Waals surface area contributed by atoms with Crippen LogP contribution in [-0.4, -0.2) is 4.57 Å². The van der Waals surface area contributed by atoms with Crippen molar-refractivity contribution in [3.8, 4) is 17.2 Å². The molecule has 0 unspecified atom stereocenters. The maximum absolute atomic E-state index is 6.19. The predicted octanol–water partition coefficient (Wildman–Crippen LogP) is 3.05. The third-order valence-corrected chi connectivity index (χ3v) is 4.30. The number of aromatic nitrogens is 1. The molecule has 1 aliphatic rings. The summed E-state index contributed by atoms with van der Waals surface area (Å²) in [5.41, 5.74) is 3.70. The molecule has 3 heteroatoms. The second kappa shape index (κ2) is 4.37. The van der Waals surface area contributed by atoms with Crippen LogP contribution in [0, 0.1) is 0 Å². The van der Waals surface area contributed by atoms with Crippen molar-refractivity contribution < 1.29 is 9.73 Å². The Morgan fingerprint density at radius 2 is 1.90 bits per heavy atom. The van der Waals surface area contributed by atoms with Crippen LogP contribution in [0.4, 0.5) is 0 Å². The molecule has 1 aliphatic heterocycles. The third kappa shape index (κ3) is 1.93. The Bertz CT molecular complexity index is 781. The molecule has 0 saturated heterocycles. The highest BCUT2D eigenvalue weighted by Gasteiger charge is 2.33. The molecule has 0 aliphatic carbocycles. The number of quaternary nitrogens is 1. The highest BCUT2D eigenvalue weighted by atomic mass is 16.4. The molecule has 0 saturated carbocycles. The summed E-state index contributed by atoms with van der Waals surface area (Å²) in [5, 5.41) is 2.37. The number of hydrogen-bond donors (Lipinski definition) is 1. The average molecular weight is 279 g/mol. The van der Waals surface area contributed by atoms with E-state index in [-0.39, 0.29) is 5.54 Å². The van der Waals surface area contributed by atoms with Crippen LogP contribution in [0.15, 0.2) is 59.1 Å². The summed E-state index contributed by atoms with van der Waals surface area (Å²) in [6.07, 6.45) is 2.09. The van der Waals surface area contributed by atoms with Crippen molar-refractivity contribution in [1.29, 1.82) is 0 Å². The highest BCUT2D eigenvalue weighted by molar-refractivity contribution is 5.60. The van der Waals surface area contributed by atoms with E-state index in [1.165, 1.54) is 11.3 Å². The highest BCUT2D eigenvalue weighted by Crippen LogP contribution is 2.32. The molecule has 3 heterocycles. The zero-order valence-corrected chi connectivity index (χ0v) is 12.3. The third-order valence-electron chi connectivity index (χ3n) is 4.30. The molecule has 3 aromatic rings. The summed E-state index contributed by atoms with van der Waals surface area (Å²) in [6, 6.07) is 16.7. The van der Waals surface area contributed by atoms with Crippen molar-refractivity contribution in [2.45, 2.75) is 25.9 Å². The lowest BCUT2D eigenvalue weighted by Gasteiger charge is -2.21. The van der Waals surface area contributed by atoms with Gasteiger partial charge in [0.05, 0.1) is 11.3 Å². The maximum atomic E-state index is 6.19. The molecule has 0 radical (unpaired) electrons. The van der Waals surface area contributed by atoms with E-state index in [1.807, 2.05) is 18.2 Å². The first-order chi connectivity index (χ1) is 10.1. The minimum Gasteiger partial charge on any atom is -0.439 e. The van der Waals surface area contributed by atoms with Crippen LogP contribution in [-0.2, 0) is 12.1 Å². The van der Waals surface area contributed by atoms with Crippen molar-refractivity contribution in [2.24, 2.45) is 0 Å². The van der Waals surface area contributed by atoms with E-state index in [4.69, 9.17) is 4.42 Å². The maximum Gasteiger partial charge on any atom is 0.213 e. The molecule has 1 aromatic carbocycles. The normalized spacial score (nSPS) is 16.1. The van der Waals surface area contributed by atoms with Gasteiger partial charge in [-0.25, -0.2) is 0 Å². The number of nitrogens with zero attached hydrogens (tertiary/aromatic N) is 1. The molecule has 0 atom stereocenters. The average Bonchev–Trinajstić information content (AvgIpc) is 3.11. The van der Waals surface area contributed by atoms with Crippen LogP contribution in [0.25, 0.3) is 17.2 Å². The van der Waals surface area contributed by atoms with Crippen LogP contribution >= 0.6 is 0 Å². The van der Waals surface area contributed by atoms with Crippen LogP contribution in [0.1, 0.15) is 25.1 Å². The van der Waals surface area contributed by atoms with Crippen molar-refractivity contribution in [3.05, 3.63) is 66.0 Å². The first-order valence-electron chi connectivity index (χ1n) is 7.36. The van der Waals surface area contributed by atoms with Gasteiger partial charge in [-0.05, 0) is 32.0 Å². The molecule has 21 heavy (non-hydrogen) atoms. The molecule has 4 rings (SSSR count). The van der Waals surface area contributed by atoms with E-state index in [2.05, 4.69) is 60.3 Å². The summed E-state index contributed by atoms with van der Waals surface area (Å²) >= 11 is 0. The SMILES string of the molecule is CC1(C)[NH2+]Cc2cc(-c3ccccc3)oc2-n2cccc21. The van der Waals surface area contributed by atoms with Gasteiger partial charge in [0.15, 0.2) is 0 Å². The van der Waals surface area contributed by atoms with E-state index >= 15 is 0 Å². The van der Waals surface area contributed by atoms with Gasteiger partial charge in [-0.15, -0.1) is 0 Å². The van der Waals surface area contributed by atoms with Crippen LogP contribution in [0.3, 0.4) is 0 Å². The number of fused-ring (bicyclic) bond motifs is 3. The van der Waals surface area contributed by atoms with Gasteiger partial charge in [-0.3, -0.25) is 4.57 Å². The first-order valence-corrected chi connectivity index (χ1v) is 7.36. The molecule has 0 spiro atoms. The summed E-state index contributed by atoms with van der Waals surface area (Å²) < 4.78 is 8.38. The number of benzene rings is 1. The van der Waals surface area contributed by atoms with Crippen molar-refractivity contribution >= 4 is 0 Å². The lowest BCUT2D eigenvalue weighted by molar-refractivity contribution is -0.743. The topological polar surface area (TPSA) is 34.7 Å². The van der Waals surface area contributed by atoms with Gasteiger partial charge in [0, 0.05) is 11.8 Å². The molecule has 3 nitrogen and oxygen atoms in total. The number of hydrogen-bond acceptors (Lipinski definition) is 1. The Hall–Kier alpha value is -2.26. The minimum atomic E-state index is 0.0535. The molecular formula is C18H19N2O+. The summed E-state index contributed by atoms with van der Waals surface area (Å²) in [5.74, 6) is 1.89. The summed E-state index contributed by atoms with van der Waals surface area (Å²) in [6.45, 7) is 5.44. The molecule has 2 N–H and O–H groups in total. The lowest BCUT2D eigenvalue weighted by Crippen LogP contribution is -2.91. The Morgan fingerprint density at radius 3 is 2.71 bits per heavy atom. The summed E-state index contributed by atoms with van der Waals surface area (Å²) in [4.78, 5) is 0. The Morgan fingerprint density at radius 1 is 1.10 bits per heavy atom. The van der Waals surface area contributed by atoms with Crippen molar-refractivity contribution in [1.82, 2.24) is 4.57 Å². The van der Waals surface area contributed by atoms with E-state index in [0.29, 0.717) is 0 Å². The molecule has 0 fully saturated rings.